The Morgan fingerprint density at radius 3 is 2.80 bits per heavy atom. The molecule has 0 amide bonds. The molecule has 8 rings (SSSR count). The molecule has 238 valence electrons. The van der Waals surface area contributed by atoms with Gasteiger partial charge in [-0.2, -0.15) is 9.97 Å². The highest BCUT2D eigenvalue weighted by Crippen LogP contribution is 2.43. The van der Waals surface area contributed by atoms with Crippen molar-refractivity contribution in [1.29, 1.82) is 0 Å². The number of rotatable bonds is 4. The van der Waals surface area contributed by atoms with Gasteiger partial charge in [-0.1, -0.05) is 5.92 Å². The average Bonchev–Trinajstić information content (AvgIpc) is 3.38. The predicted molar refractivity (Wildman–Crippen MR) is 166 cm³/mol. The number of pyridine rings is 1. The SMILES string of the molecule is C#Cc1c(F)c(F)cc2cc(N)cc(-c3nc4c5c(nc(OC[C@@]67CCCN6C[C@H](F)C7)nc5c3F)N3CCCOC[C@@H]3CC4)c12. The highest BCUT2D eigenvalue weighted by Gasteiger charge is 2.49. The molecule has 4 aliphatic heterocycles. The first-order valence-electron chi connectivity index (χ1n) is 15.7. The second-order valence-electron chi connectivity index (χ2n) is 12.8. The molecule has 0 radical (unpaired) electrons. The van der Waals surface area contributed by atoms with Crippen LogP contribution in [0.5, 0.6) is 6.01 Å². The summed E-state index contributed by atoms with van der Waals surface area (Å²) in [6, 6.07) is 3.85. The molecule has 2 aromatic heterocycles. The van der Waals surface area contributed by atoms with Crippen molar-refractivity contribution in [2.24, 2.45) is 0 Å². The molecule has 4 aliphatic rings. The van der Waals surface area contributed by atoms with Gasteiger partial charge in [0.15, 0.2) is 17.5 Å². The Bertz CT molecular complexity index is 1950. The molecule has 6 heterocycles. The molecule has 3 atom stereocenters. The van der Waals surface area contributed by atoms with E-state index in [4.69, 9.17) is 31.6 Å². The van der Waals surface area contributed by atoms with E-state index in [1.54, 1.807) is 0 Å². The fraction of sp³-hybridized carbons (Fsp3) is 0.441. The first-order valence-corrected chi connectivity index (χ1v) is 15.7. The number of benzene rings is 2. The normalized spacial score (nSPS) is 24.5. The molecule has 46 heavy (non-hydrogen) atoms. The van der Waals surface area contributed by atoms with Gasteiger partial charge in [0, 0.05) is 42.8 Å². The number of aryl methyl sites for hydroxylation is 1. The number of halogens is 4. The average molecular weight is 633 g/mol. The van der Waals surface area contributed by atoms with Crippen molar-refractivity contribution in [1.82, 2.24) is 19.9 Å². The topological polar surface area (TPSA) is 89.6 Å². The van der Waals surface area contributed by atoms with Gasteiger partial charge in [0.25, 0.3) is 0 Å². The van der Waals surface area contributed by atoms with Gasteiger partial charge in [-0.05, 0) is 62.2 Å². The number of alkyl halides is 1. The second kappa shape index (κ2) is 11.0. The number of hydrogen-bond acceptors (Lipinski definition) is 8. The van der Waals surface area contributed by atoms with Crippen LogP contribution in [-0.4, -0.2) is 77.1 Å². The van der Waals surface area contributed by atoms with Gasteiger partial charge in [-0.25, -0.2) is 22.5 Å². The van der Waals surface area contributed by atoms with Crippen molar-refractivity contribution in [3.63, 3.8) is 0 Å². The standard InChI is InChI=1S/C34H32F4N6O2/c1-2-22-26-18(12-24(36)28(22)37)11-20(39)13-23(26)30-29(38)31-27-25(40-30)6-5-21-16-45-10-4-9-44(21)32(27)42-33(41-31)46-17-34-7-3-8-43(34)15-19(35)14-34/h1,11-13,19,21H,3-10,14-17,39H2/t19-,21+,34+/m1/s1. The van der Waals surface area contributed by atoms with Gasteiger partial charge >= 0.3 is 6.01 Å². The molecule has 0 saturated carbocycles. The van der Waals surface area contributed by atoms with E-state index in [-0.39, 0.29) is 57.5 Å². The first kappa shape index (κ1) is 29.2. The number of ether oxygens (including phenoxy) is 2. The van der Waals surface area contributed by atoms with Gasteiger partial charge in [-0.15, -0.1) is 6.42 Å². The third-order valence-corrected chi connectivity index (χ3v) is 10.0. The van der Waals surface area contributed by atoms with Gasteiger partial charge in [0.2, 0.25) is 0 Å². The lowest BCUT2D eigenvalue weighted by Gasteiger charge is -2.31. The molecule has 0 aliphatic carbocycles. The van der Waals surface area contributed by atoms with Crippen molar-refractivity contribution in [3.05, 3.63) is 46.9 Å². The molecule has 0 bridgehead atoms. The largest absolute Gasteiger partial charge is 0.461 e. The number of nitrogen functional groups attached to an aromatic ring is 1. The van der Waals surface area contributed by atoms with Crippen LogP contribution in [0.2, 0.25) is 0 Å². The molecule has 2 N–H and O–H groups in total. The van der Waals surface area contributed by atoms with E-state index in [0.717, 1.165) is 31.9 Å². The Hall–Kier alpha value is -4.21. The molecule has 0 unspecified atom stereocenters. The quantitative estimate of drug-likeness (QED) is 0.184. The number of aromatic nitrogens is 3. The summed E-state index contributed by atoms with van der Waals surface area (Å²) in [5, 5.41) is 0.804. The van der Waals surface area contributed by atoms with Gasteiger partial charge < -0.3 is 20.1 Å². The maximum Gasteiger partial charge on any atom is 0.319 e. The Kier molecular flexibility index (Phi) is 6.95. The zero-order chi connectivity index (χ0) is 31.7. The zero-order valence-corrected chi connectivity index (χ0v) is 25.1. The lowest BCUT2D eigenvalue weighted by Crippen LogP contribution is -2.43. The summed E-state index contributed by atoms with van der Waals surface area (Å²) in [4.78, 5) is 18.5. The highest BCUT2D eigenvalue weighted by atomic mass is 19.2. The summed E-state index contributed by atoms with van der Waals surface area (Å²) in [6.45, 7) is 3.05. The Labute approximate surface area is 262 Å². The Morgan fingerprint density at radius 2 is 1.96 bits per heavy atom. The third-order valence-electron chi connectivity index (χ3n) is 10.0. The lowest BCUT2D eigenvalue weighted by atomic mass is 9.94. The maximum atomic E-state index is 17.0. The van der Waals surface area contributed by atoms with E-state index in [1.165, 1.54) is 12.1 Å². The maximum absolute atomic E-state index is 17.0. The van der Waals surface area contributed by atoms with E-state index < -0.39 is 29.2 Å². The Morgan fingerprint density at radius 1 is 1.09 bits per heavy atom. The number of fused-ring (bicyclic) bond motifs is 4. The van der Waals surface area contributed by atoms with E-state index in [2.05, 4.69) is 20.7 Å². The molecular formula is C34H32F4N6O2. The third kappa shape index (κ3) is 4.54. The Balaban J connectivity index is 1.34. The van der Waals surface area contributed by atoms with Crippen LogP contribution in [0, 0.1) is 29.8 Å². The molecule has 4 aromatic rings. The first-order chi connectivity index (χ1) is 22.3. The minimum absolute atomic E-state index is 0.0122. The number of nitrogens with two attached hydrogens (primary N) is 1. The fourth-order valence-electron chi connectivity index (χ4n) is 7.97. The summed E-state index contributed by atoms with van der Waals surface area (Å²) in [7, 11) is 0. The van der Waals surface area contributed by atoms with E-state index in [0.29, 0.717) is 62.5 Å². The minimum atomic E-state index is -1.21. The summed E-state index contributed by atoms with van der Waals surface area (Å²) < 4.78 is 73.1. The van der Waals surface area contributed by atoms with Crippen molar-refractivity contribution in [3.8, 4) is 29.6 Å². The molecule has 12 heteroatoms. The molecule has 8 nitrogen and oxygen atoms in total. The van der Waals surface area contributed by atoms with Crippen LogP contribution in [0.3, 0.4) is 0 Å². The number of nitrogens with zero attached hydrogens (tertiary/aromatic N) is 5. The highest BCUT2D eigenvalue weighted by molar-refractivity contribution is 6.04. The van der Waals surface area contributed by atoms with Crippen LogP contribution in [-0.2, 0) is 11.2 Å². The molecule has 2 aromatic carbocycles. The van der Waals surface area contributed by atoms with Crippen LogP contribution >= 0.6 is 0 Å². The van der Waals surface area contributed by atoms with Crippen LogP contribution in [0.1, 0.15) is 43.4 Å². The van der Waals surface area contributed by atoms with E-state index in [9.17, 15) is 13.2 Å². The van der Waals surface area contributed by atoms with Gasteiger partial charge in [0.1, 0.15) is 29.8 Å². The van der Waals surface area contributed by atoms with Gasteiger partial charge in [-0.3, -0.25) is 4.90 Å². The monoisotopic (exact) mass is 632 g/mol. The number of anilines is 2. The lowest BCUT2D eigenvalue weighted by molar-refractivity contribution is 0.107. The van der Waals surface area contributed by atoms with Crippen molar-refractivity contribution < 1.29 is 27.0 Å². The summed E-state index contributed by atoms with van der Waals surface area (Å²) >= 11 is 0. The van der Waals surface area contributed by atoms with Crippen molar-refractivity contribution in [2.45, 2.75) is 56.3 Å². The van der Waals surface area contributed by atoms with Crippen molar-refractivity contribution >= 4 is 33.2 Å². The number of terminal acetylenes is 1. The predicted octanol–water partition coefficient (Wildman–Crippen LogP) is 5.32. The van der Waals surface area contributed by atoms with E-state index >= 15 is 4.39 Å². The molecule has 0 spiro atoms. The van der Waals surface area contributed by atoms with Crippen LogP contribution in [0.25, 0.3) is 32.9 Å². The second-order valence-corrected chi connectivity index (χ2v) is 12.8. The summed E-state index contributed by atoms with van der Waals surface area (Å²) in [5.41, 5.74) is 6.12. The van der Waals surface area contributed by atoms with Crippen LogP contribution in [0.4, 0.5) is 29.1 Å². The molecule has 3 fully saturated rings. The van der Waals surface area contributed by atoms with E-state index in [1.807, 2.05) is 0 Å². The molecule has 3 saturated heterocycles. The van der Waals surface area contributed by atoms with Crippen LogP contribution < -0.4 is 15.4 Å². The fourth-order valence-corrected chi connectivity index (χ4v) is 7.97. The minimum Gasteiger partial charge on any atom is -0.461 e. The smallest absolute Gasteiger partial charge is 0.319 e. The summed E-state index contributed by atoms with van der Waals surface area (Å²) in [6.07, 6.45) is 8.70. The zero-order valence-electron chi connectivity index (χ0n) is 25.1. The number of hydrogen-bond donors (Lipinski definition) is 1. The summed E-state index contributed by atoms with van der Waals surface area (Å²) in [5.74, 6) is -0.395. The van der Waals surface area contributed by atoms with Gasteiger partial charge in [0.05, 0.1) is 34.8 Å². The van der Waals surface area contributed by atoms with Crippen LogP contribution in [0.15, 0.2) is 18.2 Å². The molecular weight excluding hydrogens is 600 g/mol. The van der Waals surface area contributed by atoms with Crippen molar-refractivity contribution in [2.75, 3.05) is 50.1 Å².